The van der Waals surface area contributed by atoms with Crippen LogP contribution in [0.15, 0.2) is 0 Å². The van der Waals surface area contributed by atoms with Gasteiger partial charge in [-0.2, -0.15) is 0 Å². The zero-order valence-electron chi connectivity index (χ0n) is 1.12. The summed E-state index contributed by atoms with van der Waals surface area (Å²) in [6, 6.07) is 0. The molecule has 4 heavy (non-hydrogen) atoms. The van der Waals surface area contributed by atoms with Gasteiger partial charge in [-0.1, -0.05) is 0 Å². The van der Waals surface area contributed by atoms with Crippen LogP contribution in [-0.4, -0.2) is 29.6 Å². The molecule has 1 radical (unpaired) electrons. The van der Waals surface area contributed by atoms with Gasteiger partial charge in [0.05, 0.1) is 0 Å². The molecule has 0 unspecified atom stereocenters. The summed E-state index contributed by atoms with van der Waals surface area (Å²) in [5.41, 5.74) is 0. The average Bonchev–Trinajstić information content (AvgIpc) is 1.00. The van der Waals surface area contributed by atoms with Gasteiger partial charge in [-0.05, 0) is 0 Å². The molecule has 0 aliphatic rings. The molecule has 0 aromatic heterocycles. The predicted octanol–water partition coefficient (Wildman–Crippen LogP) is -0.772. The van der Waals surface area contributed by atoms with E-state index >= 15 is 0 Å². The van der Waals surface area contributed by atoms with Crippen molar-refractivity contribution >= 4 is 29.6 Å². The topological polar surface area (TPSA) is 17.1 Å². The van der Waals surface area contributed by atoms with Crippen molar-refractivity contribution in [3.05, 3.63) is 0 Å². The molecule has 24 valence electrons. The van der Waals surface area contributed by atoms with Crippen LogP contribution in [0, 0.1) is 0 Å². The third-order valence-corrected chi connectivity index (χ3v) is 0. The Kier molecular flexibility index (Phi) is 90.0. The summed E-state index contributed by atoms with van der Waals surface area (Å²) in [5.74, 6) is 0. The molecular weight excluding hydrogens is 153 g/mol. The van der Waals surface area contributed by atoms with Crippen molar-refractivity contribution in [3.63, 3.8) is 0 Å². The van der Waals surface area contributed by atoms with E-state index in [9.17, 15) is 0 Å². The maximum atomic E-state index is 8.06. The Hall–Kier alpha value is 1.83. The Bertz CT molecular complexity index is 8.00. The SMILES string of the molecule is [Co].[NaH].[O]=[Mn]. The normalized spacial score (nSPS) is 1.00. The molecule has 4 heteroatoms. The molecule has 0 saturated heterocycles. The molecule has 1 nitrogen and oxygen atoms in total. The van der Waals surface area contributed by atoms with Crippen molar-refractivity contribution in [2.75, 3.05) is 0 Å². The fourth-order valence-corrected chi connectivity index (χ4v) is 0. The third-order valence-electron chi connectivity index (χ3n) is 0. The van der Waals surface area contributed by atoms with Crippen LogP contribution < -0.4 is 0 Å². The van der Waals surface area contributed by atoms with Gasteiger partial charge in [-0.3, -0.25) is 0 Å². The van der Waals surface area contributed by atoms with Crippen LogP contribution in [0.2, 0.25) is 0 Å². The minimum atomic E-state index is 0. The first-order valence-electron chi connectivity index (χ1n) is 0.154. The zero-order chi connectivity index (χ0) is 2.00. The molecule has 0 aromatic carbocycles. The van der Waals surface area contributed by atoms with E-state index in [2.05, 4.69) is 0 Å². The van der Waals surface area contributed by atoms with Crippen LogP contribution in [-0.2, 0) is 36.6 Å². The first-order valence-corrected chi connectivity index (χ1v) is 0.636. The fraction of sp³-hybridized carbons (Fsp3) is 0. The van der Waals surface area contributed by atoms with Gasteiger partial charge in [0.25, 0.3) is 0 Å². The van der Waals surface area contributed by atoms with E-state index in [4.69, 9.17) is 3.83 Å². The predicted molar refractivity (Wildman–Crippen MR) is 7.84 cm³/mol. The van der Waals surface area contributed by atoms with Crippen molar-refractivity contribution < 1.29 is 36.6 Å². The number of hydrogen-bond acceptors (Lipinski definition) is 1. The Balaban J connectivity index is -0.00000000500. The monoisotopic (exact) mass is 154 g/mol. The van der Waals surface area contributed by atoms with E-state index in [1.807, 2.05) is 0 Å². The van der Waals surface area contributed by atoms with Gasteiger partial charge in [0.2, 0.25) is 0 Å². The van der Waals surface area contributed by atoms with Gasteiger partial charge in [-0.15, -0.1) is 0 Å². The molecule has 0 aliphatic carbocycles. The molecule has 0 aliphatic heterocycles. The molecule has 0 amide bonds. The van der Waals surface area contributed by atoms with Crippen molar-refractivity contribution in [2.24, 2.45) is 0 Å². The van der Waals surface area contributed by atoms with Gasteiger partial charge in [0, 0.05) is 16.8 Å². The summed E-state index contributed by atoms with van der Waals surface area (Å²) in [4.78, 5) is 0. The van der Waals surface area contributed by atoms with Crippen molar-refractivity contribution in [2.45, 2.75) is 0 Å². The summed E-state index contributed by atoms with van der Waals surface area (Å²) in [7, 11) is 0. The number of hydrogen-bond donors (Lipinski definition) is 0. The van der Waals surface area contributed by atoms with E-state index < -0.39 is 0 Å². The average molecular weight is 154 g/mol. The van der Waals surface area contributed by atoms with E-state index in [1.165, 1.54) is 0 Å². The zero-order valence-corrected chi connectivity index (χ0v) is 3.34. The second-order valence-corrected chi connectivity index (χ2v) is 0. The van der Waals surface area contributed by atoms with Crippen LogP contribution in [0.5, 0.6) is 0 Å². The van der Waals surface area contributed by atoms with Gasteiger partial charge in [0.1, 0.15) is 0 Å². The van der Waals surface area contributed by atoms with Gasteiger partial charge in [-0.25, -0.2) is 0 Å². The third kappa shape index (κ3) is 9.16. The molecule has 0 heterocycles. The molecule has 0 spiro atoms. The van der Waals surface area contributed by atoms with E-state index in [1.54, 1.807) is 15.9 Å². The quantitative estimate of drug-likeness (QED) is 0.418. The molecule has 0 saturated carbocycles. The molecule has 0 rings (SSSR count). The molecule has 0 aromatic rings. The van der Waals surface area contributed by atoms with Crippen LogP contribution in [0.4, 0.5) is 0 Å². The van der Waals surface area contributed by atoms with Crippen LogP contribution in [0.25, 0.3) is 0 Å². The second kappa shape index (κ2) is 21.2. The first-order chi connectivity index (χ1) is 1.00. The van der Waals surface area contributed by atoms with Crippen LogP contribution >= 0.6 is 0 Å². The molecule has 0 atom stereocenters. The van der Waals surface area contributed by atoms with Crippen LogP contribution in [0.1, 0.15) is 0 Å². The Morgan fingerprint density at radius 2 is 1.25 bits per heavy atom. The Morgan fingerprint density at radius 3 is 1.25 bits per heavy atom. The molecule has 0 fully saturated rings. The molecule has 0 bridgehead atoms. The summed E-state index contributed by atoms with van der Waals surface area (Å²) in [6.45, 7) is 0. The minimum absolute atomic E-state index is 0. The van der Waals surface area contributed by atoms with Gasteiger partial charge >= 0.3 is 49.3 Å². The first kappa shape index (κ1) is 17.0. The van der Waals surface area contributed by atoms with Gasteiger partial charge < -0.3 is 0 Å². The Morgan fingerprint density at radius 1 is 1.25 bits per heavy atom. The summed E-state index contributed by atoms with van der Waals surface area (Å²) >= 11 is 1.69. The second-order valence-electron chi connectivity index (χ2n) is 0. The van der Waals surface area contributed by atoms with Crippen molar-refractivity contribution in [3.8, 4) is 0 Å². The standard InChI is InChI=1S/Co.Mn.Na.O.H. The maximum absolute atomic E-state index is 8.06. The van der Waals surface area contributed by atoms with E-state index in [-0.39, 0.29) is 46.3 Å². The summed E-state index contributed by atoms with van der Waals surface area (Å²) in [5, 5.41) is 0. The fourth-order valence-electron chi connectivity index (χ4n) is 0. The summed E-state index contributed by atoms with van der Waals surface area (Å²) < 4.78 is 8.06. The molecule has 0 N–H and O–H groups in total. The van der Waals surface area contributed by atoms with E-state index in [0.29, 0.717) is 0 Å². The van der Waals surface area contributed by atoms with E-state index in [0.717, 1.165) is 0 Å². The van der Waals surface area contributed by atoms with Crippen molar-refractivity contribution in [1.82, 2.24) is 0 Å². The van der Waals surface area contributed by atoms with Gasteiger partial charge in [0.15, 0.2) is 0 Å². The Labute approximate surface area is 65.4 Å². The molecular formula is HCoMnNaO. The number of rotatable bonds is 0. The van der Waals surface area contributed by atoms with Crippen molar-refractivity contribution in [1.29, 1.82) is 0 Å². The van der Waals surface area contributed by atoms with Crippen LogP contribution in [0.3, 0.4) is 0 Å². The summed E-state index contributed by atoms with van der Waals surface area (Å²) in [6.07, 6.45) is 0.